The van der Waals surface area contributed by atoms with Gasteiger partial charge in [0.25, 0.3) is 0 Å². The monoisotopic (exact) mass is 224 g/mol. The largest absolute Gasteiger partial charge is 0.398 e. The van der Waals surface area contributed by atoms with E-state index in [-0.39, 0.29) is 0 Å². The van der Waals surface area contributed by atoms with Gasteiger partial charge in [0.1, 0.15) is 0 Å². The standard InChI is InChI=1S/C12H20N2S/c1-9(2)14-7-8-15-11-6-4-5-10(3)12(11)13/h4-6,9,14H,7-8,13H2,1-3H3. The van der Waals surface area contributed by atoms with Crippen molar-refractivity contribution >= 4 is 17.4 Å². The first-order valence-electron chi connectivity index (χ1n) is 5.32. The quantitative estimate of drug-likeness (QED) is 0.459. The molecule has 1 aromatic carbocycles. The number of para-hydroxylation sites is 1. The normalized spacial score (nSPS) is 10.9. The lowest BCUT2D eigenvalue weighted by Gasteiger charge is -2.09. The van der Waals surface area contributed by atoms with Crippen LogP contribution >= 0.6 is 11.8 Å². The van der Waals surface area contributed by atoms with E-state index in [9.17, 15) is 0 Å². The minimum atomic E-state index is 0.556. The SMILES string of the molecule is Cc1cccc(SCCNC(C)C)c1N. The van der Waals surface area contributed by atoms with Gasteiger partial charge in [-0.25, -0.2) is 0 Å². The molecule has 3 heteroatoms. The second kappa shape index (κ2) is 6.03. The molecule has 1 aromatic rings. The number of benzene rings is 1. The van der Waals surface area contributed by atoms with Gasteiger partial charge in [-0.15, -0.1) is 11.8 Å². The Kier molecular flexibility index (Phi) is 4.99. The van der Waals surface area contributed by atoms with Crippen LogP contribution in [0.3, 0.4) is 0 Å². The number of nitrogens with one attached hydrogen (secondary N) is 1. The van der Waals surface area contributed by atoms with E-state index in [2.05, 4.69) is 31.3 Å². The van der Waals surface area contributed by atoms with Gasteiger partial charge in [-0.05, 0) is 18.6 Å². The maximum atomic E-state index is 5.98. The van der Waals surface area contributed by atoms with Crippen molar-refractivity contribution in [3.05, 3.63) is 23.8 Å². The van der Waals surface area contributed by atoms with E-state index in [0.29, 0.717) is 6.04 Å². The minimum Gasteiger partial charge on any atom is -0.398 e. The van der Waals surface area contributed by atoms with Crippen molar-refractivity contribution in [3.8, 4) is 0 Å². The molecule has 0 aliphatic carbocycles. The number of rotatable bonds is 5. The third-order valence-corrected chi connectivity index (χ3v) is 3.27. The van der Waals surface area contributed by atoms with Crippen LogP contribution in [0.5, 0.6) is 0 Å². The number of thioether (sulfide) groups is 1. The van der Waals surface area contributed by atoms with Crippen LogP contribution in [0.2, 0.25) is 0 Å². The lowest BCUT2D eigenvalue weighted by Crippen LogP contribution is -2.24. The lowest BCUT2D eigenvalue weighted by molar-refractivity contribution is 0.616. The zero-order chi connectivity index (χ0) is 11.3. The molecular formula is C12H20N2S. The van der Waals surface area contributed by atoms with Crippen molar-refractivity contribution in [1.82, 2.24) is 5.32 Å². The smallest absolute Gasteiger partial charge is 0.0481 e. The molecule has 0 atom stereocenters. The summed E-state index contributed by atoms with van der Waals surface area (Å²) in [7, 11) is 0. The van der Waals surface area contributed by atoms with E-state index in [1.807, 2.05) is 24.8 Å². The highest BCUT2D eigenvalue weighted by atomic mass is 32.2. The molecule has 0 amide bonds. The molecule has 0 heterocycles. The number of nitrogens with two attached hydrogens (primary N) is 1. The van der Waals surface area contributed by atoms with Gasteiger partial charge in [0.05, 0.1) is 0 Å². The fraction of sp³-hybridized carbons (Fsp3) is 0.500. The highest BCUT2D eigenvalue weighted by molar-refractivity contribution is 7.99. The first-order valence-corrected chi connectivity index (χ1v) is 6.31. The van der Waals surface area contributed by atoms with Crippen molar-refractivity contribution in [1.29, 1.82) is 0 Å². The molecular weight excluding hydrogens is 204 g/mol. The summed E-state index contributed by atoms with van der Waals surface area (Å²) in [6.45, 7) is 7.39. The van der Waals surface area contributed by atoms with E-state index in [0.717, 1.165) is 23.5 Å². The highest BCUT2D eigenvalue weighted by Crippen LogP contribution is 2.26. The molecule has 0 aliphatic rings. The fourth-order valence-electron chi connectivity index (χ4n) is 1.29. The van der Waals surface area contributed by atoms with E-state index in [1.54, 1.807) is 0 Å². The minimum absolute atomic E-state index is 0.556. The molecule has 0 radical (unpaired) electrons. The molecule has 0 spiro atoms. The third-order valence-electron chi connectivity index (χ3n) is 2.20. The number of aryl methyl sites for hydroxylation is 1. The zero-order valence-corrected chi connectivity index (χ0v) is 10.5. The molecule has 15 heavy (non-hydrogen) atoms. The Morgan fingerprint density at radius 2 is 2.13 bits per heavy atom. The maximum absolute atomic E-state index is 5.98. The Balaban J connectivity index is 2.41. The highest BCUT2D eigenvalue weighted by Gasteiger charge is 2.01. The van der Waals surface area contributed by atoms with Crippen molar-refractivity contribution in [2.75, 3.05) is 18.0 Å². The van der Waals surface area contributed by atoms with E-state index < -0.39 is 0 Å². The number of anilines is 1. The van der Waals surface area contributed by atoms with Gasteiger partial charge in [-0.3, -0.25) is 0 Å². The van der Waals surface area contributed by atoms with Crippen LogP contribution in [0.25, 0.3) is 0 Å². The second-order valence-corrected chi connectivity index (χ2v) is 5.08. The summed E-state index contributed by atoms with van der Waals surface area (Å²) in [5, 5.41) is 3.39. The van der Waals surface area contributed by atoms with Crippen LogP contribution < -0.4 is 11.1 Å². The van der Waals surface area contributed by atoms with Gasteiger partial charge in [-0.2, -0.15) is 0 Å². The molecule has 0 aromatic heterocycles. The first-order chi connectivity index (χ1) is 7.11. The summed E-state index contributed by atoms with van der Waals surface area (Å²) in [5.41, 5.74) is 8.07. The van der Waals surface area contributed by atoms with Crippen LogP contribution in [-0.4, -0.2) is 18.3 Å². The van der Waals surface area contributed by atoms with E-state index in [4.69, 9.17) is 5.73 Å². The molecule has 1 rings (SSSR count). The molecule has 0 aliphatic heterocycles. The Hall–Kier alpha value is -0.670. The Morgan fingerprint density at radius 3 is 2.80 bits per heavy atom. The molecule has 0 saturated carbocycles. The van der Waals surface area contributed by atoms with Gasteiger partial charge in [0.15, 0.2) is 0 Å². The lowest BCUT2D eigenvalue weighted by atomic mass is 10.2. The molecule has 0 fully saturated rings. The summed E-state index contributed by atoms with van der Waals surface area (Å²) < 4.78 is 0. The summed E-state index contributed by atoms with van der Waals surface area (Å²) in [6.07, 6.45) is 0. The van der Waals surface area contributed by atoms with Crippen LogP contribution in [0, 0.1) is 6.92 Å². The number of nitrogen functional groups attached to an aromatic ring is 1. The molecule has 0 bridgehead atoms. The Labute approximate surface area is 96.6 Å². The summed E-state index contributed by atoms with van der Waals surface area (Å²) in [4.78, 5) is 1.19. The Morgan fingerprint density at radius 1 is 1.40 bits per heavy atom. The average Bonchev–Trinajstić information content (AvgIpc) is 2.18. The Bertz CT molecular complexity index is 310. The average molecular weight is 224 g/mol. The van der Waals surface area contributed by atoms with Crippen LogP contribution in [0.15, 0.2) is 23.1 Å². The van der Waals surface area contributed by atoms with Crippen molar-refractivity contribution in [2.24, 2.45) is 0 Å². The van der Waals surface area contributed by atoms with Gasteiger partial charge < -0.3 is 11.1 Å². The number of hydrogen-bond donors (Lipinski definition) is 2. The van der Waals surface area contributed by atoms with Crippen molar-refractivity contribution < 1.29 is 0 Å². The summed E-state index contributed by atoms with van der Waals surface area (Å²) in [6, 6.07) is 6.75. The first kappa shape index (κ1) is 12.4. The van der Waals surface area contributed by atoms with Crippen LogP contribution in [0.4, 0.5) is 5.69 Å². The molecule has 0 saturated heterocycles. The van der Waals surface area contributed by atoms with Crippen molar-refractivity contribution in [2.45, 2.75) is 31.7 Å². The molecule has 2 nitrogen and oxygen atoms in total. The van der Waals surface area contributed by atoms with Gasteiger partial charge >= 0.3 is 0 Å². The summed E-state index contributed by atoms with van der Waals surface area (Å²) in [5.74, 6) is 1.06. The van der Waals surface area contributed by atoms with Gasteiger partial charge in [0.2, 0.25) is 0 Å². The van der Waals surface area contributed by atoms with E-state index >= 15 is 0 Å². The zero-order valence-electron chi connectivity index (χ0n) is 9.71. The molecule has 84 valence electrons. The summed E-state index contributed by atoms with van der Waals surface area (Å²) >= 11 is 1.82. The van der Waals surface area contributed by atoms with Gasteiger partial charge in [-0.1, -0.05) is 26.0 Å². The maximum Gasteiger partial charge on any atom is 0.0481 e. The number of hydrogen-bond acceptors (Lipinski definition) is 3. The molecule has 0 unspecified atom stereocenters. The predicted octanol–water partition coefficient (Wildman–Crippen LogP) is 2.67. The third kappa shape index (κ3) is 4.14. The molecule has 3 N–H and O–H groups in total. The predicted molar refractivity (Wildman–Crippen MR) is 69.5 cm³/mol. The van der Waals surface area contributed by atoms with Gasteiger partial charge in [0, 0.05) is 28.9 Å². The topological polar surface area (TPSA) is 38.0 Å². The second-order valence-electron chi connectivity index (χ2n) is 3.94. The van der Waals surface area contributed by atoms with Crippen molar-refractivity contribution in [3.63, 3.8) is 0 Å². The van der Waals surface area contributed by atoms with E-state index in [1.165, 1.54) is 4.90 Å². The van der Waals surface area contributed by atoms with Crippen LogP contribution in [0.1, 0.15) is 19.4 Å². The van der Waals surface area contributed by atoms with Crippen LogP contribution in [-0.2, 0) is 0 Å². The fourth-order valence-corrected chi connectivity index (χ4v) is 2.22.